The maximum Gasteiger partial charge on any atom is 0.233 e. The Morgan fingerprint density at radius 1 is 1.38 bits per heavy atom. The summed E-state index contributed by atoms with van der Waals surface area (Å²) in [5.74, 6) is 0.0210. The molecule has 0 aliphatic heterocycles. The lowest BCUT2D eigenvalue weighted by Crippen LogP contribution is -2.34. The number of thioether (sulfide) groups is 1. The van der Waals surface area contributed by atoms with Crippen molar-refractivity contribution in [3.8, 4) is 0 Å². The summed E-state index contributed by atoms with van der Waals surface area (Å²) in [6.45, 7) is 4.03. The second-order valence-corrected chi connectivity index (χ2v) is 7.47. The fraction of sp³-hybridized carbons (Fsp3) is 0.529. The molecule has 1 N–H and O–H groups in total. The Balaban J connectivity index is 1.62. The van der Waals surface area contributed by atoms with Gasteiger partial charge in [0.1, 0.15) is 0 Å². The molecule has 1 heterocycles. The first-order valence-electron chi connectivity index (χ1n) is 8.49. The number of nitrogens with one attached hydrogen (secondary N) is 1. The van der Waals surface area contributed by atoms with Gasteiger partial charge in [-0.3, -0.25) is 4.79 Å². The number of nitrogens with zero attached hydrogens (tertiary/aromatic N) is 4. The van der Waals surface area contributed by atoms with Gasteiger partial charge in [-0.05, 0) is 42.2 Å². The van der Waals surface area contributed by atoms with E-state index in [1.807, 2.05) is 29.8 Å². The molecule has 0 unspecified atom stereocenters. The van der Waals surface area contributed by atoms with E-state index < -0.39 is 0 Å². The second-order valence-electron chi connectivity index (χ2n) is 6.16. The van der Waals surface area contributed by atoms with Gasteiger partial charge in [0.05, 0.1) is 17.3 Å². The number of hydrogen-bond donors (Lipinski definition) is 1. The molecule has 1 fully saturated rings. The molecule has 2 aromatic rings. The minimum atomic E-state index is -0.239. The van der Waals surface area contributed by atoms with Crippen LogP contribution in [0, 0.1) is 0 Å². The predicted octanol–water partition coefficient (Wildman–Crippen LogP) is 3.15. The third-order valence-electron chi connectivity index (χ3n) is 4.10. The molecular weight excluding hydrogens is 322 g/mol. The summed E-state index contributed by atoms with van der Waals surface area (Å²) in [5.41, 5.74) is 1.15. The predicted molar refractivity (Wildman–Crippen MR) is 93.6 cm³/mol. The average Bonchev–Trinajstić information content (AvgIpc) is 3.34. The molecule has 1 aromatic carbocycles. The van der Waals surface area contributed by atoms with E-state index in [0.717, 1.165) is 36.4 Å². The first-order valence-corrected chi connectivity index (χ1v) is 9.36. The number of rotatable bonds is 8. The molecule has 24 heavy (non-hydrogen) atoms. The van der Waals surface area contributed by atoms with Crippen molar-refractivity contribution < 1.29 is 4.79 Å². The van der Waals surface area contributed by atoms with Gasteiger partial charge in [0, 0.05) is 0 Å². The van der Waals surface area contributed by atoms with Crippen LogP contribution in [0.4, 0.5) is 0 Å². The fourth-order valence-corrected chi connectivity index (χ4v) is 3.48. The van der Waals surface area contributed by atoms with Crippen molar-refractivity contribution in [2.75, 3.05) is 0 Å². The van der Waals surface area contributed by atoms with Crippen molar-refractivity contribution in [3.05, 3.63) is 35.9 Å². The highest BCUT2D eigenvalue weighted by atomic mass is 32.2. The molecule has 128 valence electrons. The molecule has 2 atom stereocenters. The van der Waals surface area contributed by atoms with E-state index in [2.05, 4.69) is 39.9 Å². The van der Waals surface area contributed by atoms with Crippen LogP contribution in [0.15, 0.2) is 35.5 Å². The molecule has 1 aromatic heterocycles. The van der Waals surface area contributed by atoms with Crippen LogP contribution in [0.3, 0.4) is 0 Å². The summed E-state index contributed by atoms with van der Waals surface area (Å²) in [5, 5.41) is 15.5. The van der Waals surface area contributed by atoms with Gasteiger partial charge in [0.15, 0.2) is 0 Å². The SMILES string of the molecule is CCC[C@@H](NC(=O)[C@H](C)Sc1nnnn1C1CC1)c1ccccc1. The van der Waals surface area contributed by atoms with Crippen molar-refractivity contribution in [2.24, 2.45) is 0 Å². The molecule has 0 radical (unpaired) electrons. The maximum atomic E-state index is 12.6. The lowest BCUT2D eigenvalue weighted by atomic mass is 10.0. The summed E-state index contributed by atoms with van der Waals surface area (Å²) in [6, 6.07) is 10.6. The molecule has 3 rings (SSSR count). The molecule has 0 spiro atoms. The molecule has 0 bridgehead atoms. The Morgan fingerprint density at radius 2 is 2.12 bits per heavy atom. The molecular formula is C17H23N5OS. The van der Waals surface area contributed by atoms with Crippen LogP contribution in [0.1, 0.15) is 57.2 Å². The monoisotopic (exact) mass is 345 g/mol. The van der Waals surface area contributed by atoms with E-state index in [1.54, 1.807) is 0 Å². The van der Waals surface area contributed by atoms with Crippen molar-refractivity contribution in [3.63, 3.8) is 0 Å². The van der Waals surface area contributed by atoms with Crippen molar-refractivity contribution >= 4 is 17.7 Å². The normalized spacial score (nSPS) is 16.6. The van der Waals surface area contributed by atoms with Gasteiger partial charge in [-0.25, -0.2) is 4.68 Å². The quantitative estimate of drug-likeness (QED) is 0.744. The Bertz CT molecular complexity index is 671. The first-order chi connectivity index (χ1) is 11.7. The highest BCUT2D eigenvalue weighted by Gasteiger charge is 2.29. The number of tetrazole rings is 1. The van der Waals surface area contributed by atoms with Crippen molar-refractivity contribution in [1.82, 2.24) is 25.5 Å². The van der Waals surface area contributed by atoms with Gasteiger partial charge in [-0.2, -0.15) is 0 Å². The number of benzene rings is 1. The topological polar surface area (TPSA) is 72.7 Å². The van der Waals surface area contributed by atoms with Crippen LogP contribution < -0.4 is 5.32 Å². The Hall–Kier alpha value is -1.89. The van der Waals surface area contributed by atoms with Crippen molar-refractivity contribution in [2.45, 2.75) is 62.0 Å². The molecule has 6 nitrogen and oxygen atoms in total. The number of carbonyl (C=O) groups excluding carboxylic acids is 1. The summed E-state index contributed by atoms with van der Waals surface area (Å²) >= 11 is 1.42. The van der Waals surface area contributed by atoms with Gasteiger partial charge in [0.2, 0.25) is 11.1 Å². The zero-order valence-electron chi connectivity index (χ0n) is 14.1. The Morgan fingerprint density at radius 3 is 2.79 bits per heavy atom. The number of aromatic nitrogens is 4. The summed E-state index contributed by atoms with van der Waals surface area (Å²) in [7, 11) is 0. The second kappa shape index (κ2) is 7.79. The minimum Gasteiger partial charge on any atom is -0.348 e. The highest BCUT2D eigenvalue weighted by Crippen LogP contribution is 2.37. The van der Waals surface area contributed by atoms with Gasteiger partial charge in [-0.15, -0.1) is 5.10 Å². The maximum absolute atomic E-state index is 12.6. The zero-order valence-corrected chi connectivity index (χ0v) is 14.9. The van der Waals surface area contributed by atoms with Gasteiger partial charge >= 0.3 is 0 Å². The highest BCUT2D eigenvalue weighted by molar-refractivity contribution is 8.00. The fourth-order valence-electron chi connectivity index (χ4n) is 2.61. The lowest BCUT2D eigenvalue weighted by Gasteiger charge is -2.20. The van der Waals surface area contributed by atoms with Gasteiger partial charge in [-0.1, -0.05) is 55.4 Å². The Kier molecular flexibility index (Phi) is 5.50. The van der Waals surface area contributed by atoms with E-state index in [-0.39, 0.29) is 17.2 Å². The van der Waals surface area contributed by atoms with E-state index in [4.69, 9.17) is 0 Å². The minimum absolute atomic E-state index is 0.0210. The van der Waals surface area contributed by atoms with Crippen LogP contribution in [0.5, 0.6) is 0 Å². The average molecular weight is 345 g/mol. The van der Waals surface area contributed by atoms with Crippen LogP contribution in [-0.2, 0) is 4.79 Å². The number of hydrogen-bond acceptors (Lipinski definition) is 5. The van der Waals surface area contributed by atoms with Crippen LogP contribution >= 0.6 is 11.8 Å². The van der Waals surface area contributed by atoms with Gasteiger partial charge in [0.25, 0.3) is 0 Å². The molecule has 1 amide bonds. The molecule has 1 aliphatic carbocycles. The van der Waals surface area contributed by atoms with E-state index in [9.17, 15) is 4.79 Å². The van der Waals surface area contributed by atoms with Gasteiger partial charge < -0.3 is 5.32 Å². The number of amides is 1. The summed E-state index contributed by atoms with van der Waals surface area (Å²) in [4.78, 5) is 12.6. The summed E-state index contributed by atoms with van der Waals surface area (Å²) in [6.07, 6.45) is 4.17. The number of carbonyl (C=O) groups is 1. The molecule has 1 saturated carbocycles. The first kappa shape index (κ1) is 17.0. The van der Waals surface area contributed by atoms with Crippen LogP contribution in [-0.4, -0.2) is 31.4 Å². The van der Waals surface area contributed by atoms with E-state index in [0.29, 0.717) is 6.04 Å². The van der Waals surface area contributed by atoms with E-state index in [1.165, 1.54) is 11.8 Å². The van der Waals surface area contributed by atoms with Crippen LogP contribution in [0.25, 0.3) is 0 Å². The third kappa shape index (κ3) is 4.14. The Labute approximate surface area is 146 Å². The standard InChI is InChI=1S/C17H23N5OS/c1-3-7-15(13-8-5-4-6-9-13)18-16(23)12(2)24-17-19-20-21-22(17)14-10-11-14/h4-6,8-9,12,14-15H,3,7,10-11H2,1-2H3,(H,18,23)/t12-,15+/m0/s1. The van der Waals surface area contributed by atoms with Crippen molar-refractivity contribution in [1.29, 1.82) is 0 Å². The summed E-state index contributed by atoms with van der Waals surface area (Å²) < 4.78 is 1.84. The smallest absolute Gasteiger partial charge is 0.233 e. The zero-order chi connectivity index (χ0) is 16.9. The molecule has 7 heteroatoms. The third-order valence-corrected chi connectivity index (χ3v) is 5.15. The lowest BCUT2D eigenvalue weighted by molar-refractivity contribution is -0.121. The molecule has 1 aliphatic rings. The van der Waals surface area contributed by atoms with Crippen LogP contribution in [0.2, 0.25) is 0 Å². The molecule has 0 saturated heterocycles. The largest absolute Gasteiger partial charge is 0.348 e. The van der Waals surface area contributed by atoms with E-state index >= 15 is 0 Å².